The molecule has 0 bridgehead atoms. The molecule has 0 spiro atoms. The number of carboxylic acids is 1. The van der Waals surface area contributed by atoms with E-state index in [1.165, 1.54) is 22.3 Å². The van der Waals surface area contributed by atoms with Crippen molar-refractivity contribution in [3.8, 4) is 11.1 Å². The van der Waals surface area contributed by atoms with Gasteiger partial charge in [0.2, 0.25) is 0 Å². The number of benzene rings is 2. The highest BCUT2D eigenvalue weighted by molar-refractivity contribution is 5.79. The van der Waals surface area contributed by atoms with Gasteiger partial charge in [0.25, 0.3) is 0 Å². The van der Waals surface area contributed by atoms with Crippen LogP contribution in [0.4, 0.5) is 4.79 Å². The lowest BCUT2D eigenvalue weighted by Crippen LogP contribution is -2.26. The number of aliphatic carboxylic acids is 1. The Labute approximate surface area is 186 Å². The standard InChI is InChI=1S/C26H24N2O4/c29-25(30)15-19-13-12-18(16-28-19)7-5-6-14-27-26(31)32-17-24-22-10-3-1-8-20(22)21-9-2-4-11-23(21)24/h1-5,7-13,16,24H,6,14-15,17H2,(H,27,31)(H,29,30). The molecule has 0 saturated carbocycles. The van der Waals surface area contributed by atoms with E-state index in [9.17, 15) is 9.59 Å². The average molecular weight is 428 g/mol. The minimum atomic E-state index is -0.903. The Balaban J connectivity index is 1.23. The number of amides is 1. The second-order valence-electron chi connectivity index (χ2n) is 7.60. The Bertz CT molecular complexity index is 1090. The number of aromatic nitrogens is 1. The molecule has 1 aliphatic rings. The molecule has 3 aromatic rings. The summed E-state index contributed by atoms with van der Waals surface area (Å²) in [7, 11) is 0. The second-order valence-corrected chi connectivity index (χ2v) is 7.60. The molecule has 0 saturated heterocycles. The Hall–Kier alpha value is -3.93. The fraction of sp³-hybridized carbons (Fsp3) is 0.192. The number of rotatable bonds is 8. The molecule has 162 valence electrons. The van der Waals surface area contributed by atoms with Crippen LogP contribution < -0.4 is 5.32 Å². The zero-order valence-corrected chi connectivity index (χ0v) is 17.5. The van der Waals surface area contributed by atoms with E-state index in [-0.39, 0.29) is 12.3 Å². The average Bonchev–Trinajstić information content (AvgIpc) is 3.12. The number of carbonyl (C=O) groups is 2. The summed E-state index contributed by atoms with van der Waals surface area (Å²) in [6.45, 7) is 0.752. The molecule has 0 aliphatic heterocycles. The van der Waals surface area contributed by atoms with Gasteiger partial charge < -0.3 is 15.2 Å². The summed E-state index contributed by atoms with van der Waals surface area (Å²) in [5.74, 6) is -0.857. The molecule has 2 N–H and O–H groups in total. The Morgan fingerprint density at radius 1 is 1.00 bits per heavy atom. The van der Waals surface area contributed by atoms with Gasteiger partial charge in [-0.15, -0.1) is 0 Å². The van der Waals surface area contributed by atoms with Crippen molar-refractivity contribution >= 4 is 18.1 Å². The minimum absolute atomic E-state index is 0.0460. The van der Waals surface area contributed by atoms with Gasteiger partial charge in [0.05, 0.1) is 12.1 Å². The molecule has 0 radical (unpaired) electrons. The lowest BCUT2D eigenvalue weighted by atomic mass is 9.98. The van der Waals surface area contributed by atoms with Gasteiger partial charge >= 0.3 is 12.1 Å². The van der Waals surface area contributed by atoms with Crippen LogP contribution in [0.2, 0.25) is 0 Å². The summed E-state index contributed by atoms with van der Waals surface area (Å²) in [5.41, 5.74) is 6.17. The Morgan fingerprint density at radius 3 is 2.31 bits per heavy atom. The zero-order chi connectivity index (χ0) is 22.3. The van der Waals surface area contributed by atoms with Crippen LogP contribution in [-0.2, 0) is 16.0 Å². The number of hydrogen-bond acceptors (Lipinski definition) is 4. The van der Waals surface area contributed by atoms with E-state index < -0.39 is 12.1 Å². The maximum absolute atomic E-state index is 12.2. The predicted molar refractivity (Wildman–Crippen MR) is 122 cm³/mol. The number of nitrogens with one attached hydrogen (secondary N) is 1. The molecule has 6 nitrogen and oxygen atoms in total. The van der Waals surface area contributed by atoms with Crippen LogP contribution in [-0.4, -0.2) is 35.3 Å². The number of carbonyl (C=O) groups excluding carboxylic acids is 1. The Kier molecular flexibility index (Phi) is 6.60. The Morgan fingerprint density at radius 2 is 1.69 bits per heavy atom. The number of ether oxygens (including phenoxy) is 1. The van der Waals surface area contributed by atoms with Crippen LogP contribution >= 0.6 is 0 Å². The normalized spacial score (nSPS) is 12.4. The lowest BCUT2D eigenvalue weighted by Gasteiger charge is -2.14. The molecule has 2 aromatic carbocycles. The van der Waals surface area contributed by atoms with Gasteiger partial charge in [-0.05, 0) is 40.3 Å². The van der Waals surface area contributed by atoms with Crippen LogP contribution in [0, 0.1) is 0 Å². The van der Waals surface area contributed by atoms with Crippen molar-refractivity contribution in [1.82, 2.24) is 10.3 Å². The molecule has 0 unspecified atom stereocenters. The first-order chi connectivity index (χ1) is 15.6. The summed E-state index contributed by atoms with van der Waals surface area (Å²) in [6.07, 6.45) is 5.57. The van der Waals surface area contributed by atoms with Crippen LogP contribution in [0.3, 0.4) is 0 Å². The number of fused-ring (bicyclic) bond motifs is 3. The lowest BCUT2D eigenvalue weighted by molar-refractivity contribution is -0.136. The predicted octanol–water partition coefficient (Wildman–Crippen LogP) is 4.65. The molecule has 0 fully saturated rings. The first-order valence-corrected chi connectivity index (χ1v) is 10.5. The van der Waals surface area contributed by atoms with Crippen LogP contribution in [0.1, 0.15) is 34.7 Å². The van der Waals surface area contributed by atoms with Gasteiger partial charge in [0.1, 0.15) is 6.61 Å². The van der Waals surface area contributed by atoms with Crippen LogP contribution in [0.25, 0.3) is 17.2 Å². The van der Waals surface area contributed by atoms with Crippen molar-refractivity contribution in [2.45, 2.75) is 18.8 Å². The molecular formula is C26H24N2O4. The molecule has 4 rings (SSSR count). The van der Waals surface area contributed by atoms with Gasteiger partial charge in [-0.1, -0.05) is 66.7 Å². The quantitative estimate of drug-likeness (QED) is 0.510. The number of nitrogens with zero attached hydrogens (tertiary/aromatic N) is 1. The van der Waals surface area contributed by atoms with E-state index in [0.29, 0.717) is 25.3 Å². The van der Waals surface area contributed by atoms with Gasteiger partial charge in [-0.25, -0.2) is 4.79 Å². The van der Waals surface area contributed by atoms with E-state index in [1.54, 1.807) is 12.3 Å². The van der Waals surface area contributed by atoms with Crippen molar-refractivity contribution in [1.29, 1.82) is 0 Å². The highest BCUT2D eigenvalue weighted by Crippen LogP contribution is 2.44. The topological polar surface area (TPSA) is 88.5 Å². The highest BCUT2D eigenvalue weighted by atomic mass is 16.5. The largest absolute Gasteiger partial charge is 0.481 e. The number of alkyl carbamates (subject to hydrolysis) is 1. The van der Waals surface area contributed by atoms with Gasteiger partial charge in [0, 0.05) is 18.7 Å². The molecule has 1 amide bonds. The third-order valence-electron chi connectivity index (χ3n) is 5.41. The molecule has 32 heavy (non-hydrogen) atoms. The van der Waals surface area contributed by atoms with Crippen molar-refractivity contribution in [3.63, 3.8) is 0 Å². The summed E-state index contributed by atoms with van der Waals surface area (Å²) >= 11 is 0. The molecular weight excluding hydrogens is 404 g/mol. The summed E-state index contributed by atoms with van der Waals surface area (Å²) < 4.78 is 5.52. The first kappa shape index (κ1) is 21.3. The maximum Gasteiger partial charge on any atom is 0.407 e. The van der Waals surface area contributed by atoms with Gasteiger partial charge in [-0.2, -0.15) is 0 Å². The number of hydrogen-bond donors (Lipinski definition) is 2. The molecule has 1 aromatic heterocycles. The van der Waals surface area contributed by atoms with Crippen molar-refractivity contribution in [2.75, 3.05) is 13.2 Å². The van der Waals surface area contributed by atoms with Crippen LogP contribution in [0.5, 0.6) is 0 Å². The number of carboxylic acid groups (broad SMARTS) is 1. The highest BCUT2D eigenvalue weighted by Gasteiger charge is 2.28. The molecule has 1 heterocycles. The molecule has 6 heteroatoms. The monoisotopic (exact) mass is 428 g/mol. The fourth-order valence-electron chi connectivity index (χ4n) is 3.92. The van der Waals surface area contributed by atoms with Crippen molar-refractivity contribution in [3.05, 3.63) is 95.3 Å². The third kappa shape index (κ3) is 5.03. The number of pyridine rings is 1. The van der Waals surface area contributed by atoms with E-state index in [4.69, 9.17) is 9.84 Å². The third-order valence-corrected chi connectivity index (χ3v) is 5.41. The fourth-order valence-corrected chi connectivity index (χ4v) is 3.92. The smallest absolute Gasteiger partial charge is 0.407 e. The van der Waals surface area contributed by atoms with E-state index in [0.717, 1.165) is 5.56 Å². The van der Waals surface area contributed by atoms with E-state index in [1.807, 2.05) is 42.5 Å². The summed E-state index contributed by atoms with van der Waals surface area (Å²) in [6, 6.07) is 20.0. The first-order valence-electron chi connectivity index (χ1n) is 10.5. The summed E-state index contributed by atoms with van der Waals surface area (Å²) in [4.78, 5) is 27.0. The van der Waals surface area contributed by atoms with Crippen molar-refractivity contribution < 1.29 is 19.4 Å². The zero-order valence-electron chi connectivity index (χ0n) is 17.5. The molecule has 0 atom stereocenters. The van der Waals surface area contributed by atoms with Crippen LogP contribution in [0.15, 0.2) is 72.9 Å². The summed E-state index contributed by atoms with van der Waals surface area (Å²) in [5, 5.41) is 11.5. The molecule has 1 aliphatic carbocycles. The van der Waals surface area contributed by atoms with Gasteiger partial charge in [0.15, 0.2) is 0 Å². The van der Waals surface area contributed by atoms with E-state index in [2.05, 4.69) is 34.6 Å². The van der Waals surface area contributed by atoms with Gasteiger partial charge in [-0.3, -0.25) is 9.78 Å². The maximum atomic E-state index is 12.2. The minimum Gasteiger partial charge on any atom is -0.481 e. The van der Waals surface area contributed by atoms with E-state index >= 15 is 0 Å². The SMILES string of the molecule is O=C(O)Cc1ccc(C=CCCNC(=O)OCC2c3ccccc3-c3ccccc32)cn1. The van der Waals surface area contributed by atoms with Crippen molar-refractivity contribution in [2.24, 2.45) is 0 Å². The second kappa shape index (κ2) is 9.92.